The van der Waals surface area contributed by atoms with E-state index < -0.39 is 12.0 Å². The normalized spacial score (nSPS) is 15.5. The van der Waals surface area contributed by atoms with Gasteiger partial charge in [-0.25, -0.2) is 14.8 Å². The van der Waals surface area contributed by atoms with Gasteiger partial charge in [0.15, 0.2) is 16.6 Å². The molecule has 5 aromatic rings. The van der Waals surface area contributed by atoms with Crippen molar-refractivity contribution in [3.63, 3.8) is 0 Å². The van der Waals surface area contributed by atoms with Crippen molar-refractivity contribution >= 4 is 45.4 Å². The van der Waals surface area contributed by atoms with Gasteiger partial charge >= 0.3 is 5.97 Å². The maximum Gasteiger partial charge on any atom is 0.338 e. The number of carbonyl (C=O) groups excluding carboxylic acids is 1. The summed E-state index contributed by atoms with van der Waals surface area (Å²) < 4.78 is 15.3. The molecule has 1 N–H and O–H groups in total. The Morgan fingerprint density at radius 2 is 1.50 bits per heavy atom. The Bertz CT molecular complexity index is 1940. The molecule has 0 saturated carbocycles. The number of aromatic nitrogens is 4. The number of aromatic hydroxyl groups is 1. The number of carbonyl (C=O) groups is 1. The van der Waals surface area contributed by atoms with Gasteiger partial charge in [-0.2, -0.15) is 0 Å². The van der Waals surface area contributed by atoms with Crippen LogP contribution in [0.3, 0.4) is 0 Å². The van der Waals surface area contributed by atoms with Crippen molar-refractivity contribution in [2.75, 3.05) is 13.7 Å². The van der Waals surface area contributed by atoms with E-state index in [4.69, 9.17) is 31.7 Å². The number of methoxy groups -OCH3 is 1. The van der Waals surface area contributed by atoms with E-state index >= 15 is 0 Å². The molecule has 11 heteroatoms. The molecule has 1 aliphatic heterocycles. The number of imidazole rings is 2. The van der Waals surface area contributed by atoms with Crippen LogP contribution in [0.2, 0.25) is 0 Å². The molecular weight excluding hydrogens is 576 g/mol. The quantitative estimate of drug-likeness (QED) is 0.172. The Kier molecular flexibility index (Phi) is 7.73. The molecule has 0 saturated heterocycles. The summed E-state index contributed by atoms with van der Waals surface area (Å²) in [6.45, 7) is 8.45. The zero-order valence-electron chi connectivity index (χ0n) is 25.3. The maximum absolute atomic E-state index is 13.9. The van der Waals surface area contributed by atoms with Crippen LogP contribution >= 0.6 is 12.2 Å². The second kappa shape index (κ2) is 11.6. The second-order valence-corrected chi connectivity index (χ2v) is 11.0. The van der Waals surface area contributed by atoms with E-state index in [2.05, 4.69) is 9.13 Å². The van der Waals surface area contributed by atoms with E-state index in [9.17, 15) is 9.90 Å². The molecule has 10 nitrogen and oxygen atoms in total. The van der Waals surface area contributed by atoms with Crippen LogP contribution in [0.5, 0.6) is 11.5 Å². The molecule has 6 rings (SSSR count). The summed E-state index contributed by atoms with van der Waals surface area (Å²) in [6.07, 6.45) is 0. The first-order valence-electron chi connectivity index (χ1n) is 14.4. The Hall–Kier alpha value is -4.90. The second-order valence-electron chi connectivity index (χ2n) is 10.7. The molecule has 0 spiro atoms. The molecule has 44 heavy (non-hydrogen) atoms. The lowest BCUT2D eigenvalue weighted by molar-refractivity contribution is -0.139. The number of allylic oxidation sites excluding steroid dienone is 1. The van der Waals surface area contributed by atoms with Crippen LogP contribution in [0.1, 0.15) is 37.1 Å². The molecule has 3 heterocycles. The SMILES string of the molecule is CCOC(=O)C1=C(C)N(Cn2c(C)nc3ccccc32)C(=S)N(Cn2c(C)nc3ccccc32)C1c1ccc(O)c(OC)c1. The molecule has 2 aromatic heterocycles. The first-order chi connectivity index (χ1) is 21.2. The average molecular weight is 611 g/mol. The Labute approximate surface area is 260 Å². The third kappa shape index (κ3) is 4.92. The molecule has 0 bridgehead atoms. The van der Waals surface area contributed by atoms with E-state index in [0.29, 0.717) is 35.5 Å². The van der Waals surface area contributed by atoms with Crippen LogP contribution in [0.25, 0.3) is 22.1 Å². The van der Waals surface area contributed by atoms with Crippen molar-refractivity contribution in [1.29, 1.82) is 0 Å². The highest BCUT2D eigenvalue weighted by molar-refractivity contribution is 7.80. The number of phenolic OH excluding ortho intramolecular Hbond substituents is 1. The highest BCUT2D eigenvalue weighted by Crippen LogP contribution is 2.42. The zero-order valence-corrected chi connectivity index (χ0v) is 26.1. The number of fused-ring (bicyclic) bond motifs is 2. The number of benzene rings is 3. The van der Waals surface area contributed by atoms with Gasteiger partial charge in [-0.1, -0.05) is 30.3 Å². The predicted molar refractivity (Wildman–Crippen MR) is 172 cm³/mol. The summed E-state index contributed by atoms with van der Waals surface area (Å²) in [4.78, 5) is 27.4. The van der Waals surface area contributed by atoms with Crippen molar-refractivity contribution < 1.29 is 19.4 Å². The third-order valence-corrected chi connectivity index (χ3v) is 8.59. The number of ether oxygens (including phenoxy) is 2. The molecule has 0 aliphatic carbocycles. The third-order valence-electron chi connectivity index (χ3n) is 8.14. The van der Waals surface area contributed by atoms with Crippen molar-refractivity contribution in [1.82, 2.24) is 28.9 Å². The molecule has 226 valence electrons. The van der Waals surface area contributed by atoms with Gasteiger partial charge in [0, 0.05) is 5.70 Å². The lowest BCUT2D eigenvalue weighted by atomic mass is 9.93. The van der Waals surface area contributed by atoms with Gasteiger partial charge in [-0.05, 0) is 81.9 Å². The maximum atomic E-state index is 13.9. The minimum Gasteiger partial charge on any atom is -0.504 e. The van der Waals surface area contributed by atoms with Crippen LogP contribution in [-0.4, -0.2) is 58.8 Å². The first-order valence-corrected chi connectivity index (χ1v) is 14.8. The summed E-state index contributed by atoms with van der Waals surface area (Å²) in [7, 11) is 1.50. The van der Waals surface area contributed by atoms with Crippen LogP contribution in [-0.2, 0) is 22.9 Å². The van der Waals surface area contributed by atoms with Crippen molar-refractivity contribution in [2.45, 2.75) is 47.1 Å². The Balaban J connectivity index is 1.56. The van der Waals surface area contributed by atoms with Crippen LogP contribution in [0, 0.1) is 13.8 Å². The number of hydrogen-bond donors (Lipinski definition) is 1. The largest absolute Gasteiger partial charge is 0.504 e. The lowest BCUT2D eigenvalue weighted by Crippen LogP contribution is -2.51. The highest BCUT2D eigenvalue weighted by atomic mass is 32.1. The number of phenols is 1. The zero-order chi connectivity index (χ0) is 31.1. The molecule has 1 unspecified atom stereocenters. The standard InChI is InChI=1S/C33H34N6O4S/c1-6-43-32(41)30-20(2)36(18-37-21(3)34-24-11-7-9-13-26(24)37)33(44)39(31(30)23-15-16-28(40)29(17-23)42-5)19-38-22(4)35-25-12-8-10-14-27(25)38/h7-17,31,40H,6,18-19H2,1-5H3. The number of esters is 1. The van der Waals surface area contributed by atoms with Crippen LogP contribution < -0.4 is 4.74 Å². The fourth-order valence-corrected chi connectivity index (χ4v) is 6.30. The van der Waals surface area contributed by atoms with E-state index in [1.807, 2.05) is 79.1 Å². The van der Waals surface area contributed by atoms with Crippen LogP contribution in [0.4, 0.5) is 0 Å². The monoisotopic (exact) mass is 610 g/mol. The number of thiocarbonyl (C=S) groups is 1. The molecule has 3 aromatic carbocycles. The predicted octanol–water partition coefficient (Wildman–Crippen LogP) is 5.81. The first kappa shape index (κ1) is 29.2. The number of rotatable bonds is 8. The number of para-hydroxylation sites is 4. The number of nitrogens with zero attached hydrogens (tertiary/aromatic N) is 6. The fraction of sp³-hybridized carbons (Fsp3) is 0.273. The van der Waals surface area contributed by atoms with Crippen molar-refractivity contribution in [3.05, 3.63) is 95.2 Å². The van der Waals surface area contributed by atoms with Gasteiger partial charge < -0.3 is 33.5 Å². The van der Waals surface area contributed by atoms with Gasteiger partial charge in [0.1, 0.15) is 18.3 Å². The molecule has 0 amide bonds. The smallest absolute Gasteiger partial charge is 0.338 e. The average Bonchev–Trinajstić information content (AvgIpc) is 3.51. The fourth-order valence-electron chi connectivity index (χ4n) is 5.94. The van der Waals surface area contributed by atoms with Crippen LogP contribution in [0.15, 0.2) is 78.0 Å². The minimum absolute atomic E-state index is 0.0000999. The minimum atomic E-state index is -0.645. The Morgan fingerprint density at radius 1 is 0.909 bits per heavy atom. The van der Waals surface area contributed by atoms with Crippen molar-refractivity contribution in [2.24, 2.45) is 0 Å². The van der Waals surface area contributed by atoms with Gasteiger partial charge in [-0.15, -0.1) is 0 Å². The lowest BCUT2D eigenvalue weighted by Gasteiger charge is -2.45. The molecular formula is C33H34N6O4S. The number of hydrogen-bond acceptors (Lipinski definition) is 7. The molecule has 0 fully saturated rings. The van der Waals surface area contributed by atoms with Gasteiger partial charge in [0.05, 0.1) is 54.1 Å². The molecule has 1 atom stereocenters. The van der Waals surface area contributed by atoms with E-state index in [1.165, 1.54) is 7.11 Å². The van der Waals surface area contributed by atoms with E-state index in [-0.39, 0.29) is 12.4 Å². The highest BCUT2D eigenvalue weighted by Gasteiger charge is 2.41. The summed E-state index contributed by atoms with van der Waals surface area (Å²) in [5.41, 5.74) is 5.49. The summed E-state index contributed by atoms with van der Waals surface area (Å²) >= 11 is 6.29. The topological polar surface area (TPSA) is 97.9 Å². The summed E-state index contributed by atoms with van der Waals surface area (Å²) in [6, 6.07) is 20.3. The van der Waals surface area contributed by atoms with E-state index in [0.717, 1.165) is 39.3 Å². The van der Waals surface area contributed by atoms with Gasteiger partial charge in [0.2, 0.25) is 0 Å². The number of aryl methyl sites for hydroxylation is 2. The van der Waals surface area contributed by atoms with Gasteiger partial charge in [-0.3, -0.25) is 0 Å². The van der Waals surface area contributed by atoms with E-state index in [1.54, 1.807) is 25.1 Å². The Morgan fingerprint density at radius 3 is 2.09 bits per heavy atom. The summed E-state index contributed by atoms with van der Waals surface area (Å²) in [5.74, 6) is 1.48. The molecule has 1 aliphatic rings. The summed E-state index contributed by atoms with van der Waals surface area (Å²) in [5, 5.41) is 10.9. The van der Waals surface area contributed by atoms with Crippen molar-refractivity contribution in [3.8, 4) is 11.5 Å². The van der Waals surface area contributed by atoms with Gasteiger partial charge in [0.25, 0.3) is 0 Å². The molecule has 0 radical (unpaired) electrons.